The van der Waals surface area contributed by atoms with Crippen molar-refractivity contribution in [2.24, 2.45) is 0 Å². The quantitative estimate of drug-likeness (QED) is 0.673. The van der Waals surface area contributed by atoms with Crippen LogP contribution in [0, 0.1) is 0 Å². The summed E-state index contributed by atoms with van der Waals surface area (Å²) in [4.78, 5) is 0. The smallest absolute Gasteiger partial charge is 0.277 e. The third kappa shape index (κ3) is 4.37. The van der Waals surface area contributed by atoms with E-state index in [1.165, 1.54) is 0 Å². The third-order valence-corrected chi connectivity index (χ3v) is 4.15. The molecule has 3 atom stereocenters. The highest BCUT2D eigenvalue weighted by molar-refractivity contribution is 7.87. The number of rotatable bonds is 4. The molecule has 1 aliphatic heterocycles. The minimum atomic E-state index is -3.37. The van der Waals surface area contributed by atoms with Crippen LogP contribution in [0.5, 0.6) is 0 Å². The van der Waals surface area contributed by atoms with Crippen molar-refractivity contribution in [3.05, 3.63) is 0 Å². The van der Waals surface area contributed by atoms with Crippen LogP contribution in [0.4, 0.5) is 0 Å². The number of hydrogen-bond acceptors (Lipinski definition) is 3. The highest BCUT2D eigenvalue weighted by atomic mass is 32.2. The Labute approximate surface area is 98.6 Å². The second-order valence-electron chi connectivity index (χ2n) is 4.93. The van der Waals surface area contributed by atoms with Gasteiger partial charge in [0.2, 0.25) is 0 Å². The Kier molecular flexibility index (Phi) is 4.73. The van der Waals surface area contributed by atoms with Crippen LogP contribution >= 0.6 is 0 Å². The minimum Gasteiger partial charge on any atom is -0.310 e. The van der Waals surface area contributed by atoms with Crippen LogP contribution in [0.25, 0.3) is 0 Å². The van der Waals surface area contributed by atoms with E-state index in [1.54, 1.807) is 0 Å². The van der Waals surface area contributed by atoms with Gasteiger partial charge in [-0.05, 0) is 40.5 Å². The van der Waals surface area contributed by atoms with E-state index in [-0.39, 0.29) is 18.1 Å². The molecule has 96 valence electrons. The van der Waals surface area contributed by atoms with E-state index in [0.29, 0.717) is 6.04 Å². The standard InChI is InChI=1S/C10H23N3O2S/c1-7(2)12-16(14,15)13-10-6-5-8(3)11-9(10)4/h7-13H,5-6H2,1-4H3. The summed E-state index contributed by atoms with van der Waals surface area (Å²) < 4.78 is 28.6. The Bertz CT molecular complexity index is 316. The fraction of sp³-hybridized carbons (Fsp3) is 1.00. The molecule has 1 aliphatic rings. The molecule has 0 aromatic rings. The van der Waals surface area contributed by atoms with E-state index >= 15 is 0 Å². The van der Waals surface area contributed by atoms with Crippen molar-refractivity contribution in [2.45, 2.75) is 64.7 Å². The van der Waals surface area contributed by atoms with E-state index < -0.39 is 10.2 Å². The van der Waals surface area contributed by atoms with Gasteiger partial charge in [-0.25, -0.2) is 0 Å². The molecule has 16 heavy (non-hydrogen) atoms. The summed E-state index contributed by atoms with van der Waals surface area (Å²) in [6.45, 7) is 7.75. The molecule has 5 nitrogen and oxygen atoms in total. The first-order chi connectivity index (χ1) is 7.30. The molecule has 1 fully saturated rings. The van der Waals surface area contributed by atoms with E-state index in [9.17, 15) is 8.42 Å². The van der Waals surface area contributed by atoms with Gasteiger partial charge >= 0.3 is 0 Å². The number of hydrogen-bond donors (Lipinski definition) is 3. The predicted molar refractivity (Wildman–Crippen MR) is 65.4 cm³/mol. The van der Waals surface area contributed by atoms with Crippen molar-refractivity contribution in [1.82, 2.24) is 14.8 Å². The van der Waals surface area contributed by atoms with Crippen LogP contribution in [0.15, 0.2) is 0 Å². The zero-order valence-corrected chi connectivity index (χ0v) is 11.3. The van der Waals surface area contributed by atoms with Crippen LogP contribution in [0.1, 0.15) is 40.5 Å². The SMILES string of the molecule is CC(C)NS(=O)(=O)NC1CCC(C)NC1C. The molecular formula is C10H23N3O2S. The van der Waals surface area contributed by atoms with Crippen molar-refractivity contribution in [1.29, 1.82) is 0 Å². The molecule has 3 N–H and O–H groups in total. The lowest BCUT2D eigenvalue weighted by Gasteiger charge is -2.34. The maximum absolute atomic E-state index is 11.7. The van der Waals surface area contributed by atoms with Crippen molar-refractivity contribution in [3.63, 3.8) is 0 Å². The number of nitrogens with one attached hydrogen (secondary N) is 3. The maximum atomic E-state index is 11.7. The summed E-state index contributed by atoms with van der Waals surface area (Å²) >= 11 is 0. The average Bonchev–Trinajstić information content (AvgIpc) is 2.07. The third-order valence-electron chi connectivity index (χ3n) is 2.76. The highest BCUT2D eigenvalue weighted by Gasteiger charge is 2.28. The van der Waals surface area contributed by atoms with Gasteiger partial charge in [-0.2, -0.15) is 17.9 Å². The summed E-state index contributed by atoms with van der Waals surface area (Å²) in [5, 5.41) is 3.35. The van der Waals surface area contributed by atoms with E-state index in [0.717, 1.165) is 12.8 Å². The van der Waals surface area contributed by atoms with Crippen LogP contribution in [-0.2, 0) is 10.2 Å². The molecule has 0 amide bonds. The Hall–Kier alpha value is -0.170. The summed E-state index contributed by atoms with van der Waals surface area (Å²) in [6, 6.07) is 0.539. The van der Waals surface area contributed by atoms with Gasteiger partial charge in [0.15, 0.2) is 0 Å². The van der Waals surface area contributed by atoms with Gasteiger partial charge in [-0.15, -0.1) is 0 Å². The fourth-order valence-electron chi connectivity index (χ4n) is 2.03. The van der Waals surface area contributed by atoms with Crippen LogP contribution in [0.2, 0.25) is 0 Å². The topological polar surface area (TPSA) is 70.2 Å². The van der Waals surface area contributed by atoms with Crippen LogP contribution in [-0.4, -0.2) is 32.6 Å². The molecule has 1 saturated heterocycles. The number of piperidine rings is 1. The molecular weight excluding hydrogens is 226 g/mol. The summed E-state index contributed by atoms with van der Waals surface area (Å²) in [5.74, 6) is 0. The summed E-state index contributed by atoms with van der Waals surface area (Å²) in [7, 11) is -3.37. The monoisotopic (exact) mass is 249 g/mol. The zero-order valence-electron chi connectivity index (χ0n) is 10.4. The Balaban J connectivity index is 2.54. The second kappa shape index (κ2) is 5.44. The van der Waals surface area contributed by atoms with Gasteiger partial charge in [0, 0.05) is 24.2 Å². The van der Waals surface area contributed by atoms with Gasteiger partial charge in [0.25, 0.3) is 10.2 Å². The first-order valence-corrected chi connectivity index (χ1v) is 7.34. The van der Waals surface area contributed by atoms with Crippen molar-refractivity contribution in [3.8, 4) is 0 Å². The lowest BCUT2D eigenvalue weighted by Crippen LogP contribution is -2.57. The highest BCUT2D eigenvalue weighted by Crippen LogP contribution is 2.13. The molecule has 0 saturated carbocycles. The molecule has 0 bridgehead atoms. The molecule has 0 spiro atoms. The Morgan fingerprint density at radius 2 is 1.88 bits per heavy atom. The molecule has 1 heterocycles. The van der Waals surface area contributed by atoms with E-state index in [2.05, 4.69) is 21.7 Å². The largest absolute Gasteiger partial charge is 0.310 e. The van der Waals surface area contributed by atoms with Crippen molar-refractivity contribution in [2.75, 3.05) is 0 Å². The molecule has 1 rings (SSSR count). The summed E-state index contributed by atoms with van der Waals surface area (Å²) in [5.41, 5.74) is 0. The molecule has 0 aromatic carbocycles. The first-order valence-electron chi connectivity index (χ1n) is 5.86. The van der Waals surface area contributed by atoms with Gasteiger partial charge in [-0.1, -0.05) is 0 Å². The van der Waals surface area contributed by atoms with Gasteiger partial charge < -0.3 is 5.32 Å². The van der Waals surface area contributed by atoms with Gasteiger partial charge in [0.1, 0.15) is 0 Å². The average molecular weight is 249 g/mol. The normalized spacial score (nSPS) is 31.9. The van der Waals surface area contributed by atoms with Gasteiger partial charge in [0.05, 0.1) is 0 Å². The van der Waals surface area contributed by atoms with E-state index in [1.807, 2.05) is 20.8 Å². The van der Waals surface area contributed by atoms with Crippen LogP contribution < -0.4 is 14.8 Å². The lowest BCUT2D eigenvalue weighted by atomic mass is 9.96. The zero-order chi connectivity index (χ0) is 12.3. The van der Waals surface area contributed by atoms with Crippen LogP contribution in [0.3, 0.4) is 0 Å². The van der Waals surface area contributed by atoms with Crippen molar-refractivity contribution >= 4 is 10.2 Å². The molecule has 0 aromatic heterocycles. The van der Waals surface area contributed by atoms with E-state index in [4.69, 9.17) is 0 Å². The molecule has 6 heteroatoms. The molecule has 0 aliphatic carbocycles. The van der Waals surface area contributed by atoms with Gasteiger partial charge in [-0.3, -0.25) is 0 Å². The maximum Gasteiger partial charge on any atom is 0.277 e. The lowest BCUT2D eigenvalue weighted by molar-refractivity contribution is 0.296. The fourth-order valence-corrected chi connectivity index (χ4v) is 3.44. The van der Waals surface area contributed by atoms with Crippen molar-refractivity contribution < 1.29 is 8.42 Å². The first kappa shape index (κ1) is 13.9. The second-order valence-corrected chi connectivity index (χ2v) is 6.41. The Morgan fingerprint density at radius 3 is 2.38 bits per heavy atom. The summed E-state index contributed by atoms with van der Waals surface area (Å²) in [6.07, 6.45) is 1.88. The predicted octanol–water partition coefficient (Wildman–Crippen LogP) is 0.348. The minimum absolute atomic E-state index is 0.0209. The Morgan fingerprint density at radius 1 is 1.25 bits per heavy atom. The molecule has 0 radical (unpaired) electrons. The molecule has 3 unspecified atom stereocenters.